The van der Waals surface area contributed by atoms with Gasteiger partial charge in [0.15, 0.2) is 0 Å². The molecule has 2 unspecified atom stereocenters. The fourth-order valence-corrected chi connectivity index (χ4v) is 4.65. The Morgan fingerprint density at radius 3 is 2.88 bits per heavy atom. The lowest BCUT2D eigenvalue weighted by molar-refractivity contribution is -0.128. The highest BCUT2D eigenvalue weighted by molar-refractivity contribution is 7.90. The second-order valence-corrected chi connectivity index (χ2v) is 9.71. The minimum absolute atomic E-state index is 0.0256. The van der Waals surface area contributed by atoms with Gasteiger partial charge in [-0.3, -0.25) is 4.79 Å². The van der Waals surface area contributed by atoms with Crippen molar-refractivity contribution in [3.63, 3.8) is 0 Å². The molecule has 3 aromatic rings. The number of aromatic nitrogens is 3. The van der Waals surface area contributed by atoms with Crippen LogP contribution in [0.1, 0.15) is 18.1 Å². The van der Waals surface area contributed by atoms with Crippen molar-refractivity contribution in [2.75, 3.05) is 12.4 Å². The zero-order chi connectivity index (χ0) is 22.7. The number of pyridine rings is 1. The van der Waals surface area contributed by atoms with Crippen LogP contribution >= 0.6 is 0 Å². The number of hydrogen-bond acceptors (Lipinski definition) is 7. The summed E-state index contributed by atoms with van der Waals surface area (Å²) in [6.07, 6.45) is 4.72. The highest BCUT2D eigenvalue weighted by Crippen LogP contribution is 2.41. The quantitative estimate of drug-likeness (QED) is 0.538. The lowest BCUT2D eigenvalue weighted by Crippen LogP contribution is -2.45. The number of carbonyl (C=O) groups excluding carboxylic acids is 1. The van der Waals surface area contributed by atoms with Crippen LogP contribution in [-0.2, 0) is 34.1 Å². The standard InChI is InChI=1S/C21H22N6O4S/c1-21(11-27-19(31-21)16(10-25-27)32(22,23)29)20(28)26-18-14-5-3-12(14)4-6-15(18)13-7-8-24-17(9-13)30-2/h4,6-10H,3,5,11H2,1-2H3,(H,26,28)(H3,22,23,29). The predicted molar refractivity (Wildman–Crippen MR) is 117 cm³/mol. The number of rotatable bonds is 5. The van der Waals surface area contributed by atoms with Crippen LogP contribution in [0.15, 0.2) is 41.6 Å². The minimum Gasteiger partial charge on any atom is -0.481 e. The van der Waals surface area contributed by atoms with Crippen LogP contribution in [0.3, 0.4) is 0 Å². The van der Waals surface area contributed by atoms with Crippen molar-refractivity contribution < 1.29 is 18.5 Å². The smallest absolute Gasteiger partial charge is 0.270 e. The third-order valence-electron chi connectivity index (χ3n) is 5.89. The topological polar surface area (TPSA) is 145 Å². The molecule has 2 aromatic heterocycles. The molecule has 0 bridgehead atoms. The van der Waals surface area contributed by atoms with Gasteiger partial charge in [0.05, 0.1) is 25.5 Å². The number of nitrogens with one attached hydrogen (secondary N) is 2. The highest BCUT2D eigenvalue weighted by atomic mass is 32.2. The van der Waals surface area contributed by atoms with Gasteiger partial charge in [-0.2, -0.15) is 5.10 Å². The Kier molecular flexibility index (Phi) is 4.50. The van der Waals surface area contributed by atoms with E-state index in [2.05, 4.69) is 21.5 Å². The molecule has 1 aliphatic heterocycles. The lowest BCUT2D eigenvalue weighted by Gasteiger charge is -2.28. The number of carbonyl (C=O) groups is 1. The lowest BCUT2D eigenvalue weighted by atomic mass is 9.83. The Morgan fingerprint density at radius 1 is 1.38 bits per heavy atom. The Balaban J connectivity index is 1.49. The molecule has 1 amide bonds. The summed E-state index contributed by atoms with van der Waals surface area (Å²) < 4.78 is 32.2. The van der Waals surface area contributed by atoms with Crippen molar-refractivity contribution >= 4 is 21.5 Å². The molecule has 2 aliphatic rings. The molecule has 4 N–H and O–H groups in total. The predicted octanol–water partition coefficient (Wildman–Crippen LogP) is 2.12. The molecule has 0 radical (unpaired) electrons. The highest BCUT2D eigenvalue weighted by Gasteiger charge is 2.45. The molecule has 2 atom stereocenters. The number of amides is 1. The molecule has 11 heteroatoms. The number of anilines is 1. The number of methoxy groups -OCH3 is 1. The number of fused-ring (bicyclic) bond motifs is 2. The van der Waals surface area contributed by atoms with Crippen molar-refractivity contribution in [1.29, 1.82) is 4.78 Å². The maximum Gasteiger partial charge on any atom is 0.270 e. The molecule has 32 heavy (non-hydrogen) atoms. The van der Waals surface area contributed by atoms with Crippen LogP contribution in [0.25, 0.3) is 11.1 Å². The number of nitrogens with zero attached hydrogens (tertiary/aromatic N) is 3. The van der Waals surface area contributed by atoms with E-state index in [1.165, 1.54) is 16.4 Å². The summed E-state index contributed by atoms with van der Waals surface area (Å²) in [5, 5.41) is 12.6. The summed E-state index contributed by atoms with van der Waals surface area (Å²) in [7, 11) is -1.98. The van der Waals surface area contributed by atoms with E-state index < -0.39 is 15.5 Å². The summed E-state index contributed by atoms with van der Waals surface area (Å²) in [6, 6.07) is 7.73. The van der Waals surface area contributed by atoms with Crippen LogP contribution in [0.5, 0.6) is 11.8 Å². The van der Waals surface area contributed by atoms with Gasteiger partial charge in [0.25, 0.3) is 5.91 Å². The van der Waals surface area contributed by atoms with Gasteiger partial charge in [0.1, 0.15) is 14.8 Å². The third-order valence-corrected chi connectivity index (χ3v) is 6.82. The summed E-state index contributed by atoms with van der Waals surface area (Å²) in [6.45, 7) is 1.74. The molecule has 1 aromatic carbocycles. The van der Waals surface area contributed by atoms with E-state index in [1.54, 1.807) is 20.2 Å². The number of aryl methyl sites for hydroxylation is 1. The molecular formula is C21H22N6O4S. The number of benzene rings is 1. The van der Waals surface area contributed by atoms with Gasteiger partial charge in [-0.1, -0.05) is 12.1 Å². The van der Waals surface area contributed by atoms with E-state index in [-0.39, 0.29) is 23.2 Å². The van der Waals surface area contributed by atoms with Crippen LogP contribution < -0.4 is 19.9 Å². The van der Waals surface area contributed by atoms with Gasteiger partial charge in [-0.15, -0.1) is 0 Å². The number of ether oxygens (including phenoxy) is 2. The fraction of sp³-hybridized carbons (Fsp3) is 0.286. The summed E-state index contributed by atoms with van der Waals surface area (Å²) in [5.74, 6) is 0.197. The maximum absolute atomic E-state index is 13.4. The Hall–Kier alpha value is -3.44. The Morgan fingerprint density at radius 2 is 2.19 bits per heavy atom. The van der Waals surface area contributed by atoms with E-state index >= 15 is 0 Å². The van der Waals surface area contributed by atoms with Gasteiger partial charge < -0.3 is 14.8 Å². The Labute approximate surface area is 184 Å². The zero-order valence-electron chi connectivity index (χ0n) is 17.5. The molecule has 0 fully saturated rings. The van der Waals surface area contributed by atoms with Crippen LogP contribution in [0, 0.1) is 4.78 Å². The molecule has 0 saturated carbocycles. The number of hydrogen-bond donors (Lipinski definition) is 3. The molecule has 166 valence electrons. The molecule has 5 rings (SSSR count). The average Bonchev–Trinajstić information content (AvgIpc) is 3.26. The molecule has 10 nitrogen and oxygen atoms in total. The molecular weight excluding hydrogens is 432 g/mol. The van der Waals surface area contributed by atoms with Gasteiger partial charge >= 0.3 is 0 Å². The SMILES string of the molecule is COc1cc(-c2ccc3c(c2NC(=O)C2(C)Cn4ncc(S(=N)(N)=O)c4O2)CC3)ccn1. The largest absolute Gasteiger partial charge is 0.481 e. The van der Waals surface area contributed by atoms with Crippen molar-refractivity contribution in [3.05, 3.63) is 47.8 Å². The molecule has 1 aliphatic carbocycles. The van der Waals surface area contributed by atoms with E-state index in [1.807, 2.05) is 18.2 Å². The second kappa shape index (κ2) is 7.04. The van der Waals surface area contributed by atoms with Gasteiger partial charge in [-0.25, -0.2) is 23.8 Å². The average molecular weight is 455 g/mol. The van der Waals surface area contributed by atoms with E-state index in [9.17, 15) is 9.00 Å². The first-order valence-corrected chi connectivity index (χ1v) is 11.6. The van der Waals surface area contributed by atoms with Crippen molar-refractivity contribution in [3.8, 4) is 22.9 Å². The first-order chi connectivity index (χ1) is 15.2. The summed E-state index contributed by atoms with van der Waals surface area (Å²) in [4.78, 5) is 17.5. The van der Waals surface area contributed by atoms with Crippen LogP contribution in [0.2, 0.25) is 0 Å². The number of nitrogens with two attached hydrogens (primary N) is 1. The second-order valence-electron chi connectivity index (χ2n) is 8.07. The van der Waals surface area contributed by atoms with E-state index in [0.717, 1.165) is 35.2 Å². The third kappa shape index (κ3) is 3.21. The monoisotopic (exact) mass is 454 g/mol. The van der Waals surface area contributed by atoms with Crippen molar-refractivity contribution in [1.82, 2.24) is 14.8 Å². The summed E-state index contributed by atoms with van der Waals surface area (Å²) >= 11 is 0. The first-order valence-electron chi connectivity index (χ1n) is 9.97. The maximum atomic E-state index is 13.4. The van der Waals surface area contributed by atoms with E-state index in [4.69, 9.17) is 19.4 Å². The summed E-state index contributed by atoms with van der Waals surface area (Å²) in [5.41, 5.74) is 3.42. The Bertz CT molecular complexity index is 1370. The van der Waals surface area contributed by atoms with Crippen LogP contribution in [-0.4, -0.2) is 37.6 Å². The van der Waals surface area contributed by atoms with Crippen LogP contribution in [0.4, 0.5) is 5.69 Å². The van der Waals surface area contributed by atoms with E-state index in [0.29, 0.717) is 5.88 Å². The van der Waals surface area contributed by atoms with Gasteiger partial charge in [0, 0.05) is 17.8 Å². The zero-order valence-corrected chi connectivity index (χ0v) is 18.4. The molecule has 0 saturated heterocycles. The molecule has 3 heterocycles. The van der Waals surface area contributed by atoms with Gasteiger partial charge in [0.2, 0.25) is 17.4 Å². The van der Waals surface area contributed by atoms with Crippen molar-refractivity contribution in [2.24, 2.45) is 5.14 Å². The first kappa shape index (κ1) is 20.5. The normalized spacial score (nSPS) is 20.3. The fourth-order valence-electron chi connectivity index (χ4n) is 4.04. The van der Waals surface area contributed by atoms with Crippen molar-refractivity contribution in [2.45, 2.75) is 36.8 Å². The minimum atomic E-state index is -3.53. The molecule has 0 spiro atoms. The van der Waals surface area contributed by atoms with Gasteiger partial charge in [-0.05, 0) is 42.5 Å².